The SMILES string of the molecule is COC(=O)c1cccc(CS(=O)(=O)NCC2CCCNC2)c1.Cl. The van der Waals surface area contributed by atoms with Crippen molar-refractivity contribution in [2.45, 2.75) is 18.6 Å². The van der Waals surface area contributed by atoms with Crippen molar-refractivity contribution in [3.63, 3.8) is 0 Å². The van der Waals surface area contributed by atoms with Crippen LogP contribution in [0.5, 0.6) is 0 Å². The van der Waals surface area contributed by atoms with E-state index in [1.165, 1.54) is 7.11 Å². The van der Waals surface area contributed by atoms with E-state index < -0.39 is 16.0 Å². The first-order valence-corrected chi connectivity index (χ1v) is 9.01. The Bertz CT molecular complexity index is 616. The minimum absolute atomic E-state index is 0. The van der Waals surface area contributed by atoms with Crippen LogP contribution in [0.1, 0.15) is 28.8 Å². The topological polar surface area (TPSA) is 84.5 Å². The molecule has 2 N–H and O–H groups in total. The first kappa shape index (κ1) is 19.9. The van der Waals surface area contributed by atoms with Gasteiger partial charge in [-0.25, -0.2) is 17.9 Å². The van der Waals surface area contributed by atoms with Crippen LogP contribution in [0, 0.1) is 5.92 Å². The van der Waals surface area contributed by atoms with E-state index in [4.69, 9.17) is 0 Å². The average molecular weight is 363 g/mol. The lowest BCUT2D eigenvalue weighted by atomic mass is 10.0. The molecule has 0 aromatic heterocycles. The third kappa shape index (κ3) is 6.47. The first-order chi connectivity index (χ1) is 10.5. The smallest absolute Gasteiger partial charge is 0.337 e. The molecular formula is C15H23ClN2O4S. The Morgan fingerprint density at radius 2 is 2.22 bits per heavy atom. The molecule has 1 saturated heterocycles. The third-order valence-electron chi connectivity index (χ3n) is 3.70. The van der Waals surface area contributed by atoms with Crippen molar-refractivity contribution in [2.75, 3.05) is 26.7 Å². The van der Waals surface area contributed by atoms with Crippen LogP contribution < -0.4 is 10.0 Å². The Morgan fingerprint density at radius 1 is 1.43 bits per heavy atom. The number of hydrogen-bond acceptors (Lipinski definition) is 5. The molecule has 1 fully saturated rings. The zero-order valence-electron chi connectivity index (χ0n) is 13.1. The molecule has 1 atom stereocenters. The minimum atomic E-state index is -3.41. The molecule has 0 aliphatic carbocycles. The van der Waals surface area contributed by atoms with Gasteiger partial charge in [0.1, 0.15) is 0 Å². The van der Waals surface area contributed by atoms with E-state index >= 15 is 0 Å². The Morgan fingerprint density at radius 3 is 2.87 bits per heavy atom. The molecule has 0 bridgehead atoms. The van der Waals surface area contributed by atoms with Crippen molar-refractivity contribution in [1.29, 1.82) is 0 Å². The van der Waals surface area contributed by atoms with E-state index in [9.17, 15) is 13.2 Å². The number of piperidine rings is 1. The lowest BCUT2D eigenvalue weighted by Gasteiger charge is -2.22. The standard InChI is InChI=1S/C15H22N2O4S.ClH/c1-21-15(18)14-6-2-4-12(8-14)11-22(19,20)17-10-13-5-3-7-16-9-13;/h2,4,6,8,13,16-17H,3,5,7,9-11H2,1H3;1H. The molecular weight excluding hydrogens is 340 g/mol. The van der Waals surface area contributed by atoms with Crippen molar-refractivity contribution in [3.8, 4) is 0 Å². The van der Waals surface area contributed by atoms with Gasteiger partial charge in [0.05, 0.1) is 18.4 Å². The largest absolute Gasteiger partial charge is 0.465 e. The Balaban J connectivity index is 0.00000264. The normalized spacial score (nSPS) is 18.0. The lowest BCUT2D eigenvalue weighted by Crippen LogP contribution is -2.38. The molecule has 0 saturated carbocycles. The second-order valence-corrected chi connectivity index (χ2v) is 7.32. The van der Waals surface area contributed by atoms with Crippen LogP contribution in [0.15, 0.2) is 24.3 Å². The molecule has 1 heterocycles. The van der Waals surface area contributed by atoms with E-state index in [0.717, 1.165) is 25.9 Å². The Labute approximate surface area is 143 Å². The first-order valence-electron chi connectivity index (χ1n) is 7.35. The average Bonchev–Trinajstić information content (AvgIpc) is 2.53. The van der Waals surface area contributed by atoms with E-state index in [2.05, 4.69) is 14.8 Å². The molecule has 6 nitrogen and oxygen atoms in total. The summed E-state index contributed by atoms with van der Waals surface area (Å²) in [6.45, 7) is 2.30. The van der Waals surface area contributed by atoms with E-state index in [0.29, 0.717) is 23.6 Å². The third-order valence-corrected chi connectivity index (χ3v) is 5.02. The van der Waals surface area contributed by atoms with Gasteiger partial charge in [0.2, 0.25) is 10.0 Å². The summed E-state index contributed by atoms with van der Waals surface area (Å²) in [6, 6.07) is 6.49. The van der Waals surface area contributed by atoms with E-state index in [1.54, 1.807) is 24.3 Å². The van der Waals surface area contributed by atoms with Gasteiger partial charge in [0.25, 0.3) is 0 Å². The van der Waals surface area contributed by atoms with E-state index in [1.807, 2.05) is 0 Å². The maximum atomic E-state index is 12.1. The van der Waals surface area contributed by atoms with Crippen LogP contribution in [-0.2, 0) is 20.5 Å². The molecule has 1 aromatic carbocycles. The van der Waals surface area contributed by atoms with Crippen LogP contribution in [0.2, 0.25) is 0 Å². The van der Waals surface area contributed by atoms with Crippen LogP contribution in [-0.4, -0.2) is 41.1 Å². The van der Waals surface area contributed by atoms with E-state index in [-0.39, 0.29) is 18.2 Å². The summed E-state index contributed by atoms with van der Waals surface area (Å²) < 4.78 is 31.6. The molecule has 23 heavy (non-hydrogen) atoms. The maximum absolute atomic E-state index is 12.1. The Kier molecular flexibility index (Phi) is 7.98. The van der Waals surface area contributed by atoms with Gasteiger partial charge in [0, 0.05) is 6.54 Å². The summed E-state index contributed by atoms with van der Waals surface area (Å²) in [6.07, 6.45) is 2.11. The summed E-state index contributed by atoms with van der Waals surface area (Å²) in [4.78, 5) is 11.5. The molecule has 130 valence electrons. The van der Waals surface area contributed by atoms with Gasteiger partial charge in [-0.05, 0) is 49.5 Å². The van der Waals surface area contributed by atoms with Crippen LogP contribution in [0.25, 0.3) is 0 Å². The van der Waals surface area contributed by atoms with Crippen LogP contribution >= 0.6 is 12.4 Å². The van der Waals surface area contributed by atoms with Crippen molar-refractivity contribution in [3.05, 3.63) is 35.4 Å². The van der Waals surface area contributed by atoms with Gasteiger partial charge in [-0.15, -0.1) is 12.4 Å². The van der Waals surface area contributed by atoms with Crippen molar-refractivity contribution >= 4 is 28.4 Å². The monoisotopic (exact) mass is 362 g/mol. The number of rotatable bonds is 6. The van der Waals surface area contributed by atoms with Crippen molar-refractivity contribution in [2.24, 2.45) is 5.92 Å². The molecule has 1 unspecified atom stereocenters. The second kappa shape index (κ2) is 9.22. The van der Waals surface area contributed by atoms with Gasteiger partial charge >= 0.3 is 5.97 Å². The number of esters is 1. The summed E-state index contributed by atoms with van der Waals surface area (Å²) >= 11 is 0. The highest BCUT2D eigenvalue weighted by Crippen LogP contribution is 2.12. The molecule has 1 aromatic rings. The number of carbonyl (C=O) groups is 1. The molecule has 1 aliphatic rings. The highest BCUT2D eigenvalue weighted by molar-refractivity contribution is 7.88. The molecule has 1 aliphatic heterocycles. The molecule has 0 radical (unpaired) electrons. The summed E-state index contributed by atoms with van der Waals surface area (Å²) in [5.74, 6) is -0.275. The van der Waals surface area contributed by atoms with Crippen LogP contribution in [0.3, 0.4) is 0 Å². The fraction of sp³-hybridized carbons (Fsp3) is 0.533. The number of halogens is 1. The number of hydrogen-bond donors (Lipinski definition) is 2. The number of carbonyl (C=O) groups excluding carboxylic acids is 1. The molecule has 2 rings (SSSR count). The number of ether oxygens (including phenoxy) is 1. The molecule has 0 amide bonds. The van der Waals surface area contributed by atoms with Gasteiger partial charge in [-0.3, -0.25) is 0 Å². The summed E-state index contributed by atoms with van der Waals surface area (Å²) in [5, 5.41) is 3.26. The van der Waals surface area contributed by atoms with Crippen LogP contribution in [0.4, 0.5) is 0 Å². The van der Waals surface area contributed by atoms with Crippen molar-refractivity contribution < 1.29 is 17.9 Å². The summed E-state index contributed by atoms with van der Waals surface area (Å²) in [5.41, 5.74) is 0.920. The lowest BCUT2D eigenvalue weighted by molar-refractivity contribution is 0.0600. The predicted octanol–water partition coefficient (Wildman–Crippen LogP) is 1.31. The van der Waals surface area contributed by atoms with Gasteiger partial charge in [-0.2, -0.15) is 0 Å². The number of nitrogens with one attached hydrogen (secondary N) is 2. The quantitative estimate of drug-likeness (QED) is 0.745. The highest BCUT2D eigenvalue weighted by atomic mass is 35.5. The highest BCUT2D eigenvalue weighted by Gasteiger charge is 2.18. The van der Waals surface area contributed by atoms with Gasteiger partial charge in [0.15, 0.2) is 0 Å². The van der Waals surface area contributed by atoms with Gasteiger partial charge in [-0.1, -0.05) is 12.1 Å². The molecule has 0 spiro atoms. The Hall–Kier alpha value is -1.15. The predicted molar refractivity (Wildman–Crippen MR) is 91.2 cm³/mol. The zero-order chi connectivity index (χ0) is 16.0. The van der Waals surface area contributed by atoms with Crippen molar-refractivity contribution in [1.82, 2.24) is 10.0 Å². The minimum Gasteiger partial charge on any atom is -0.465 e. The fourth-order valence-electron chi connectivity index (χ4n) is 2.52. The number of sulfonamides is 1. The second-order valence-electron chi connectivity index (χ2n) is 5.51. The zero-order valence-corrected chi connectivity index (χ0v) is 14.7. The summed E-state index contributed by atoms with van der Waals surface area (Å²) in [7, 11) is -2.12. The number of methoxy groups -OCH3 is 1. The maximum Gasteiger partial charge on any atom is 0.337 e. The fourth-order valence-corrected chi connectivity index (χ4v) is 3.73. The molecule has 8 heteroatoms. The number of benzene rings is 1. The van der Waals surface area contributed by atoms with Gasteiger partial charge < -0.3 is 10.1 Å².